The Labute approximate surface area is 103 Å². The molecule has 1 aliphatic heterocycles. The molecule has 0 aliphatic carbocycles. The van der Waals surface area contributed by atoms with E-state index >= 15 is 0 Å². The summed E-state index contributed by atoms with van der Waals surface area (Å²) in [4.78, 5) is 13.5. The topological polar surface area (TPSA) is 59.0 Å². The Balaban J connectivity index is 2.13. The standard InChI is InChI=1S/C12H23NO4/c1-10-7-13(4-3-12(10)15)8-11(14)9-17-6-5-16-2/h10-11,14H,3-9H2,1-2H3. The van der Waals surface area contributed by atoms with Crippen molar-refractivity contribution in [2.24, 2.45) is 5.92 Å². The highest BCUT2D eigenvalue weighted by Crippen LogP contribution is 2.12. The maximum absolute atomic E-state index is 11.3. The number of hydrogen-bond donors (Lipinski definition) is 1. The Bertz CT molecular complexity index is 235. The molecule has 0 amide bonds. The molecule has 0 spiro atoms. The van der Waals surface area contributed by atoms with E-state index in [1.165, 1.54) is 0 Å². The molecule has 2 atom stereocenters. The van der Waals surface area contributed by atoms with Crippen LogP contribution in [-0.2, 0) is 14.3 Å². The molecule has 1 rings (SSSR count). The van der Waals surface area contributed by atoms with Gasteiger partial charge in [0.05, 0.1) is 25.9 Å². The number of Topliss-reactive ketones (excluding diaryl/α,β-unsaturated/α-hetero) is 1. The second kappa shape index (κ2) is 7.76. The lowest BCUT2D eigenvalue weighted by atomic mass is 9.98. The number of aliphatic hydroxyl groups is 1. The van der Waals surface area contributed by atoms with Gasteiger partial charge in [0.25, 0.3) is 0 Å². The first-order valence-electron chi connectivity index (χ1n) is 6.13. The number of carbonyl (C=O) groups is 1. The van der Waals surface area contributed by atoms with Crippen molar-refractivity contribution in [1.29, 1.82) is 0 Å². The van der Waals surface area contributed by atoms with Gasteiger partial charge in [0.15, 0.2) is 0 Å². The summed E-state index contributed by atoms with van der Waals surface area (Å²) < 4.78 is 10.1. The lowest BCUT2D eigenvalue weighted by Crippen LogP contribution is -2.44. The van der Waals surface area contributed by atoms with E-state index in [4.69, 9.17) is 9.47 Å². The normalized spacial score (nSPS) is 23.9. The second-order valence-electron chi connectivity index (χ2n) is 4.60. The van der Waals surface area contributed by atoms with Crippen LogP contribution in [0.15, 0.2) is 0 Å². The molecule has 0 radical (unpaired) electrons. The van der Waals surface area contributed by atoms with Crippen molar-refractivity contribution in [2.75, 3.05) is 46.6 Å². The monoisotopic (exact) mass is 245 g/mol. The Morgan fingerprint density at radius 3 is 2.94 bits per heavy atom. The number of piperidine rings is 1. The first kappa shape index (κ1) is 14.6. The average Bonchev–Trinajstić information content (AvgIpc) is 2.30. The van der Waals surface area contributed by atoms with Crippen LogP contribution in [0.4, 0.5) is 0 Å². The van der Waals surface area contributed by atoms with Crippen molar-refractivity contribution in [3.8, 4) is 0 Å². The van der Waals surface area contributed by atoms with Crippen molar-refractivity contribution in [3.05, 3.63) is 0 Å². The van der Waals surface area contributed by atoms with Crippen LogP contribution in [0.2, 0.25) is 0 Å². The molecule has 0 saturated carbocycles. The lowest BCUT2D eigenvalue weighted by molar-refractivity contribution is -0.126. The van der Waals surface area contributed by atoms with E-state index in [2.05, 4.69) is 4.90 Å². The molecule has 1 N–H and O–H groups in total. The van der Waals surface area contributed by atoms with E-state index < -0.39 is 6.10 Å². The van der Waals surface area contributed by atoms with Gasteiger partial charge in [0.1, 0.15) is 5.78 Å². The van der Waals surface area contributed by atoms with Gasteiger partial charge in [-0.05, 0) is 0 Å². The third-order valence-corrected chi connectivity index (χ3v) is 2.97. The van der Waals surface area contributed by atoms with Crippen molar-refractivity contribution >= 4 is 5.78 Å². The van der Waals surface area contributed by atoms with Gasteiger partial charge in [-0.2, -0.15) is 0 Å². The molecule has 0 aromatic heterocycles. The first-order valence-corrected chi connectivity index (χ1v) is 6.13. The zero-order valence-electron chi connectivity index (χ0n) is 10.7. The SMILES string of the molecule is COCCOCC(O)CN1CCC(=O)C(C)C1. The molecule has 0 aromatic carbocycles. The van der Waals surface area contributed by atoms with Crippen molar-refractivity contribution in [3.63, 3.8) is 0 Å². The molecule has 1 saturated heterocycles. The van der Waals surface area contributed by atoms with Crippen molar-refractivity contribution < 1.29 is 19.4 Å². The lowest BCUT2D eigenvalue weighted by Gasteiger charge is -2.31. The molecule has 5 heteroatoms. The van der Waals surface area contributed by atoms with Gasteiger partial charge in [0, 0.05) is 39.1 Å². The van der Waals surface area contributed by atoms with Crippen LogP contribution in [0.3, 0.4) is 0 Å². The molecule has 0 bridgehead atoms. The van der Waals surface area contributed by atoms with Crippen LogP contribution in [0, 0.1) is 5.92 Å². The van der Waals surface area contributed by atoms with Crippen LogP contribution < -0.4 is 0 Å². The summed E-state index contributed by atoms with van der Waals surface area (Å²) in [6.07, 6.45) is 0.102. The molecule has 5 nitrogen and oxygen atoms in total. The summed E-state index contributed by atoms with van der Waals surface area (Å²) in [7, 11) is 1.62. The fourth-order valence-electron chi connectivity index (χ4n) is 1.97. The highest BCUT2D eigenvalue weighted by Gasteiger charge is 2.24. The third-order valence-electron chi connectivity index (χ3n) is 2.97. The van der Waals surface area contributed by atoms with Crippen LogP contribution in [-0.4, -0.2) is 68.5 Å². The molecule has 2 unspecified atom stereocenters. The molecule has 1 aliphatic rings. The number of ketones is 1. The number of aliphatic hydroxyl groups excluding tert-OH is 1. The van der Waals surface area contributed by atoms with Gasteiger partial charge in [-0.25, -0.2) is 0 Å². The maximum Gasteiger partial charge on any atom is 0.138 e. The van der Waals surface area contributed by atoms with E-state index in [1.807, 2.05) is 6.92 Å². The molecular weight excluding hydrogens is 222 g/mol. The fraction of sp³-hybridized carbons (Fsp3) is 0.917. The molecule has 1 fully saturated rings. The minimum Gasteiger partial charge on any atom is -0.389 e. The third kappa shape index (κ3) is 5.59. The summed E-state index contributed by atoms with van der Waals surface area (Å²) in [5.41, 5.74) is 0. The number of ether oxygens (including phenoxy) is 2. The molecule has 1 heterocycles. The molecular formula is C12H23NO4. The first-order chi connectivity index (χ1) is 8.13. The number of methoxy groups -OCH3 is 1. The van der Waals surface area contributed by atoms with Gasteiger partial charge in [-0.1, -0.05) is 6.92 Å². The quantitative estimate of drug-likeness (QED) is 0.636. The molecule has 100 valence electrons. The zero-order valence-corrected chi connectivity index (χ0v) is 10.7. The Hall–Kier alpha value is -0.490. The Morgan fingerprint density at radius 1 is 1.53 bits per heavy atom. The van der Waals surface area contributed by atoms with Crippen LogP contribution in [0.1, 0.15) is 13.3 Å². The Kier molecular flexibility index (Phi) is 6.65. The van der Waals surface area contributed by atoms with Gasteiger partial charge in [-0.3, -0.25) is 9.69 Å². The number of β-amino-alcohol motifs (C(OH)–C–C–N with tert-alkyl or cyclic N) is 1. The fourth-order valence-corrected chi connectivity index (χ4v) is 1.97. The zero-order chi connectivity index (χ0) is 12.7. The predicted octanol–water partition coefficient (Wildman–Crippen LogP) is -0.0788. The van der Waals surface area contributed by atoms with E-state index in [9.17, 15) is 9.90 Å². The number of nitrogens with zero attached hydrogens (tertiary/aromatic N) is 1. The largest absolute Gasteiger partial charge is 0.389 e. The summed E-state index contributed by atoms with van der Waals surface area (Å²) in [6.45, 7) is 5.37. The van der Waals surface area contributed by atoms with Gasteiger partial charge >= 0.3 is 0 Å². The molecule has 0 aromatic rings. The van der Waals surface area contributed by atoms with Gasteiger partial charge in [-0.15, -0.1) is 0 Å². The number of likely N-dealkylation sites (tertiary alicyclic amines) is 1. The van der Waals surface area contributed by atoms with Crippen LogP contribution >= 0.6 is 0 Å². The van der Waals surface area contributed by atoms with E-state index in [-0.39, 0.29) is 5.92 Å². The van der Waals surface area contributed by atoms with E-state index in [0.29, 0.717) is 38.6 Å². The van der Waals surface area contributed by atoms with E-state index in [1.54, 1.807) is 7.11 Å². The van der Waals surface area contributed by atoms with Crippen LogP contribution in [0.5, 0.6) is 0 Å². The molecule has 17 heavy (non-hydrogen) atoms. The Morgan fingerprint density at radius 2 is 2.29 bits per heavy atom. The minimum atomic E-state index is -0.493. The summed E-state index contributed by atoms with van der Waals surface area (Å²) >= 11 is 0. The highest BCUT2D eigenvalue weighted by molar-refractivity contribution is 5.81. The van der Waals surface area contributed by atoms with Crippen molar-refractivity contribution in [2.45, 2.75) is 19.4 Å². The smallest absolute Gasteiger partial charge is 0.138 e. The number of carbonyl (C=O) groups excluding carboxylic acids is 1. The number of rotatable bonds is 7. The van der Waals surface area contributed by atoms with Crippen molar-refractivity contribution in [1.82, 2.24) is 4.90 Å². The number of hydrogen-bond acceptors (Lipinski definition) is 5. The summed E-state index contributed by atoms with van der Waals surface area (Å²) in [6, 6.07) is 0. The van der Waals surface area contributed by atoms with Crippen LogP contribution in [0.25, 0.3) is 0 Å². The maximum atomic E-state index is 11.3. The second-order valence-corrected chi connectivity index (χ2v) is 4.60. The average molecular weight is 245 g/mol. The van der Waals surface area contributed by atoms with Gasteiger partial charge in [0.2, 0.25) is 0 Å². The summed E-state index contributed by atoms with van der Waals surface area (Å²) in [5.74, 6) is 0.414. The summed E-state index contributed by atoms with van der Waals surface area (Å²) in [5, 5.41) is 9.76. The van der Waals surface area contributed by atoms with Gasteiger partial charge < -0.3 is 14.6 Å². The highest BCUT2D eigenvalue weighted by atomic mass is 16.5. The van der Waals surface area contributed by atoms with E-state index in [0.717, 1.165) is 13.1 Å². The minimum absolute atomic E-state index is 0.0883. The predicted molar refractivity (Wildman–Crippen MR) is 63.9 cm³/mol.